The predicted molar refractivity (Wildman–Crippen MR) is 83.5 cm³/mol. The smallest absolute Gasteiger partial charge is 0.138 e. The molecular formula is C18H17FN2O2. The van der Waals surface area contributed by atoms with Crippen LogP contribution in [0.1, 0.15) is 17.6 Å². The zero-order valence-corrected chi connectivity index (χ0v) is 12.6. The van der Waals surface area contributed by atoms with Crippen LogP contribution in [0.15, 0.2) is 65.5 Å². The number of rotatable bonds is 4. The molecule has 5 heteroatoms. The lowest BCUT2D eigenvalue weighted by molar-refractivity contribution is 0.0258. The van der Waals surface area contributed by atoms with Crippen LogP contribution in [0.4, 0.5) is 4.39 Å². The molecular weight excluding hydrogens is 295 g/mol. The first-order valence-electron chi connectivity index (χ1n) is 7.61. The number of aromatic nitrogens is 1. The fourth-order valence-corrected chi connectivity index (χ4v) is 2.91. The zero-order valence-electron chi connectivity index (χ0n) is 12.6. The van der Waals surface area contributed by atoms with Gasteiger partial charge >= 0.3 is 0 Å². The largest absolute Gasteiger partial charge is 0.468 e. The highest BCUT2D eigenvalue weighted by Crippen LogP contribution is 2.29. The number of hydrogen-bond donors (Lipinski definition) is 0. The third kappa shape index (κ3) is 2.93. The average Bonchev–Trinajstić information content (AvgIpc) is 3.29. The van der Waals surface area contributed by atoms with Crippen LogP contribution < -0.4 is 0 Å². The van der Waals surface area contributed by atoms with Gasteiger partial charge in [-0.05, 0) is 42.5 Å². The van der Waals surface area contributed by atoms with Crippen molar-refractivity contribution in [3.63, 3.8) is 0 Å². The molecule has 0 radical (unpaired) electrons. The van der Waals surface area contributed by atoms with Crippen LogP contribution >= 0.6 is 0 Å². The Hall–Kier alpha value is -2.37. The van der Waals surface area contributed by atoms with E-state index in [1.54, 1.807) is 18.4 Å². The first-order chi connectivity index (χ1) is 11.3. The van der Waals surface area contributed by atoms with Crippen molar-refractivity contribution in [3.8, 4) is 5.69 Å². The molecule has 0 saturated carbocycles. The van der Waals surface area contributed by atoms with Crippen molar-refractivity contribution in [2.45, 2.75) is 12.8 Å². The van der Waals surface area contributed by atoms with Crippen LogP contribution in [-0.4, -0.2) is 22.6 Å². The SMILES string of the molecule is Fc1ccc(-n2ccc(C3OCCN3Cc3ccco3)c2)cc1. The first kappa shape index (κ1) is 14.2. The van der Waals surface area contributed by atoms with Crippen LogP contribution in [0.25, 0.3) is 5.69 Å². The van der Waals surface area contributed by atoms with Crippen LogP contribution in [0.5, 0.6) is 0 Å². The Morgan fingerprint density at radius 3 is 2.78 bits per heavy atom. The summed E-state index contributed by atoms with van der Waals surface area (Å²) in [5, 5.41) is 0. The van der Waals surface area contributed by atoms with Crippen LogP contribution in [0.2, 0.25) is 0 Å². The molecule has 0 N–H and O–H groups in total. The molecule has 23 heavy (non-hydrogen) atoms. The molecule has 1 aliphatic rings. The fourth-order valence-electron chi connectivity index (χ4n) is 2.91. The molecule has 0 amide bonds. The van der Waals surface area contributed by atoms with E-state index in [1.807, 2.05) is 35.2 Å². The Morgan fingerprint density at radius 2 is 2.00 bits per heavy atom. The second-order valence-electron chi connectivity index (χ2n) is 5.60. The van der Waals surface area contributed by atoms with Crippen molar-refractivity contribution in [2.75, 3.05) is 13.2 Å². The fraction of sp³-hybridized carbons (Fsp3) is 0.222. The lowest BCUT2D eigenvalue weighted by atomic mass is 10.2. The first-order valence-corrected chi connectivity index (χ1v) is 7.61. The van der Waals surface area contributed by atoms with Gasteiger partial charge in [0.05, 0.1) is 19.4 Å². The minimum Gasteiger partial charge on any atom is -0.468 e. The van der Waals surface area contributed by atoms with Crippen LogP contribution in [-0.2, 0) is 11.3 Å². The van der Waals surface area contributed by atoms with E-state index in [4.69, 9.17) is 9.15 Å². The van der Waals surface area contributed by atoms with Gasteiger partial charge < -0.3 is 13.7 Å². The Morgan fingerprint density at radius 1 is 1.13 bits per heavy atom. The van der Waals surface area contributed by atoms with Crippen LogP contribution in [0, 0.1) is 5.82 Å². The Bertz CT molecular complexity index is 765. The number of ether oxygens (including phenoxy) is 1. The van der Waals surface area contributed by atoms with E-state index in [0.717, 1.165) is 30.1 Å². The molecule has 118 valence electrons. The van der Waals surface area contributed by atoms with Gasteiger partial charge in [0.2, 0.25) is 0 Å². The standard InChI is InChI=1S/C18H17FN2O2/c19-15-3-5-16(6-4-15)20-8-7-14(12-20)18-21(9-11-23-18)13-17-2-1-10-22-17/h1-8,10,12,18H,9,11,13H2. The minimum absolute atomic E-state index is 0.0817. The van der Waals surface area contributed by atoms with E-state index in [0.29, 0.717) is 6.61 Å². The Kier molecular flexibility index (Phi) is 3.73. The van der Waals surface area contributed by atoms with E-state index >= 15 is 0 Å². The number of furan rings is 1. The van der Waals surface area contributed by atoms with Gasteiger partial charge in [-0.2, -0.15) is 0 Å². The highest BCUT2D eigenvalue weighted by Gasteiger charge is 2.28. The molecule has 1 atom stereocenters. The lowest BCUT2D eigenvalue weighted by Gasteiger charge is -2.21. The third-order valence-corrected chi connectivity index (χ3v) is 4.05. The maximum absolute atomic E-state index is 13.0. The molecule has 0 aliphatic carbocycles. The molecule has 3 heterocycles. The van der Waals surface area contributed by atoms with E-state index < -0.39 is 0 Å². The highest BCUT2D eigenvalue weighted by molar-refractivity contribution is 5.34. The molecule has 1 fully saturated rings. The Labute approximate surface area is 133 Å². The van der Waals surface area contributed by atoms with Gasteiger partial charge in [0.1, 0.15) is 17.8 Å². The topological polar surface area (TPSA) is 30.5 Å². The van der Waals surface area contributed by atoms with Crippen molar-refractivity contribution < 1.29 is 13.5 Å². The second-order valence-corrected chi connectivity index (χ2v) is 5.60. The molecule has 4 nitrogen and oxygen atoms in total. The number of nitrogens with zero attached hydrogens (tertiary/aromatic N) is 2. The third-order valence-electron chi connectivity index (χ3n) is 4.05. The quantitative estimate of drug-likeness (QED) is 0.735. The normalized spacial score (nSPS) is 18.6. The molecule has 2 aromatic heterocycles. The highest BCUT2D eigenvalue weighted by atomic mass is 19.1. The van der Waals surface area contributed by atoms with E-state index in [1.165, 1.54) is 12.1 Å². The molecule has 0 spiro atoms. The van der Waals surface area contributed by atoms with E-state index in [2.05, 4.69) is 4.90 Å². The maximum Gasteiger partial charge on any atom is 0.138 e. The summed E-state index contributed by atoms with van der Waals surface area (Å²) < 4.78 is 26.3. The summed E-state index contributed by atoms with van der Waals surface area (Å²) in [5.74, 6) is 0.698. The van der Waals surface area contributed by atoms with Gasteiger partial charge in [0.25, 0.3) is 0 Å². The van der Waals surface area contributed by atoms with Crippen molar-refractivity contribution in [1.82, 2.24) is 9.47 Å². The van der Waals surface area contributed by atoms with Gasteiger partial charge in [-0.25, -0.2) is 4.39 Å². The maximum atomic E-state index is 13.0. The van der Waals surface area contributed by atoms with Gasteiger partial charge in [-0.15, -0.1) is 0 Å². The van der Waals surface area contributed by atoms with E-state index in [9.17, 15) is 4.39 Å². The summed E-state index contributed by atoms with van der Waals surface area (Å²) >= 11 is 0. The summed E-state index contributed by atoms with van der Waals surface area (Å²) in [5.41, 5.74) is 2.01. The molecule has 1 aliphatic heterocycles. The van der Waals surface area contributed by atoms with E-state index in [-0.39, 0.29) is 12.0 Å². The lowest BCUT2D eigenvalue weighted by Crippen LogP contribution is -2.22. The van der Waals surface area contributed by atoms with Crippen LogP contribution in [0.3, 0.4) is 0 Å². The molecule has 1 unspecified atom stereocenters. The molecule has 1 saturated heterocycles. The summed E-state index contributed by atoms with van der Waals surface area (Å²) in [6, 6.07) is 12.3. The molecule has 3 aromatic rings. The van der Waals surface area contributed by atoms with Crippen molar-refractivity contribution in [2.24, 2.45) is 0 Å². The summed E-state index contributed by atoms with van der Waals surface area (Å²) in [7, 11) is 0. The molecule has 1 aromatic carbocycles. The number of hydrogen-bond acceptors (Lipinski definition) is 3. The zero-order chi connectivity index (χ0) is 15.6. The number of benzene rings is 1. The second kappa shape index (κ2) is 6.02. The Balaban J connectivity index is 1.54. The monoisotopic (exact) mass is 312 g/mol. The summed E-state index contributed by atoms with van der Waals surface area (Å²) in [4.78, 5) is 2.24. The summed E-state index contributed by atoms with van der Waals surface area (Å²) in [6.45, 7) is 2.29. The van der Waals surface area contributed by atoms with Gasteiger partial charge in [-0.1, -0.05) is 0 Å². The predicted octanol–water partition coefficient (Wildman–Crippen LogP) is 3.74. The van der Waals surface area contributed by atoms with Gasteiger partial charge in [0, 0.05) is 30.2 Å². The van der Waals surface area contributed by atoms with Gasteiger partial charge in [-0.3, -0.25) is 4.90 Å². The number of halogens is 1. The van der Waals surface area contributed by atoms with Gasteiger partial charge in [0.15, 0.2) is 0 Å². The van der Waals surface area contributed by atoms with Crippen molar-refractivity contribution >= 4 is 0 Å². The summed E-state index contributed by atoms with van der Waals surface area (Å²) in [6.07, 6.45) is 5.60. The van der Waals surface area contributed by atoms with Crippen molar-refractivity contribution in [1.29, 1.82) is 0 Å². The minimum atomic E-state index is -0.232. The molecule has 0 bridgehead atoms. The molecule has 4 rings (SSSR count). The van der Waals surface area contributed by atoms with Crippen molar-refractivity contribution in [3.05, 3.63) is 78.3 Å². The average molecular weight is 312 g/mol.